The molecule has 1 fully saturated rings. The number of hydrogen-bond donors (Lipinski definition) is 2. The summed E-state index contributed by atoms with van der Waals surface area (Å²) in [7, 11) is 0. The molecule has 0 spiro atoms. The Labute approximate surface area is 197 Å². The number of imidazole rings is 1. The molecule has 174 valence electrons. The van der Waals surface area contributed by atoms with Gasteiger partial charge in [0.1, 0.15) is 11.5 Å². The van der Waals surface area contributed by atoms with Crippen molar-refractivity contribution in [2.24, 2.45) is 0 Å². The van der Waals surface area contributed by atoms with Gasteiger partial charge >= 0.3 is 0 Å². The zero-order chi connectivity index (χ0) is 24.2. The fourth-order valence-electron chi connectivity index (χ4n) is 4.32. The molecule has 0 bridgehead atoms. The number of carbonyl (C=O) groups excluding carboxylic acids is 1. The van der Waals surface area contributed by atoms with Gasteiger partial charge in [-0.3, -0.25) is 14.3 Å². The highest BCUT2D eigenvalue weighted by Crippen LogP contribution is 2.46. The number of amides is 1. The van der Waals surface area contributed by atoms with Crippen LogP contribution in [0.4, 0.5) is 13.2 Å². The van der Waals surface area contributed by atoms with Gasteiger partial charge in [0.2, 0.25) is 0 Å². The first-order valence-corrected chi connectivity index (χ1v) is 11.0. The molecule has 1 saturated carbocycles. The molecular formula is C26H18F3N5O. The van der Waals surface area contributed by atoms with Crippen LogP contribution in [0.25, 0.3) is 28.0 Å². The van der Waals surface area contributed by atoms with Crippen LogP contribution in [0.15, 0.2) is 73.3 Å². The second-order valence-corrected chi connectivity index (χ2v) is 8.64. The van der Waals surface area contributed by atoms with E-state index in [4.69, 9.17) is 0 Å². The third kappa shape index (κ3) is 3.65. The normalized spacial score (nSPS) is 14.3. The van der Waals surface area contributed by atoms with Crippen molar-refractivity contribution < 1.29 is 18.0 Å². The summed E-state index contributed by atoms with van der Waals surface area (Å²) in [5.74, 6) is -3.25. The van der Waals surface area contributed by atoms with Crippen LogP contribution >= 0.6 is 0 Å². The molecule has 0 unspecified atom stereocenters. The molecule has 0 saturated heterocycles. The number of aromatic nitrogens is 4. The number of benzene rings is 2. The van der Waals surface area contributed by atoms with E-state index in [9.17, 15) is 13.6 Å². The van der Waals surface area contributed by atoms with E-state index in [0.29, 0.717) is 35.3 Å². The third-order valence-corrected chi connectivity index (χ3v) is 6.42. The second-order valence-electron chi connectivity index (χ2n) is 8.64. The van der Waals surface area contributed by atoms with Gasteiger partial charge in [-0.15, -0.1) is 0 Å². The molecular weight excluding hydrogens is 455 g/mol. The summed E-state index contributed by atoms with van der Waals surface area (Å²) in [5, 5.41) is 9.55. The van der Waals surface area contributed by atoms with Gasteiger partial charge in [0.25, 0.3) is 5.91 Å². The minimum absolute atomic E-state index is 0.129. The van der Waals surface area contributed by atoms with Crippen molar-refractivity contribution in [3.05, 3.63) is 102 Å². The first-order chi connectivity index (χ1) is 16.9. The minimum Gasteiger partial charge on any atom is -0.342 e. The lowest BCUT2D eigenvalue weighted by molar-refractivity contribution is 0.0926. The molecule has 3 aromatic heterocycles. The van der Waals surface area contributed by atoms with Crippen LogP contribution in [0.3, 0.4) is 0 Å². The lowest BCUT2D eigenvalue weighted by Crippen LogP contribution is -2.35. The lowest BCUT2D eigenvalue weighted by Gasteiger charge is -2.18. The van der Waals surface area contributed by atoms with Gasteiger partial charge in [-0.1, -0.05) is 12.1 Å². The second kappa shape index (κ2) is 7.83. The van der Waals surface area contributed by atoms with Gasteiger partial charge in [-0.05, 0) is 54.8 Å². The van der Waals surface area contributed by atoms with Crippen molar-refractivity contribution in [1.29, 1.82) is 0 Å². The SMILES string of the molecule is O=C(NC1(c2ccc(F)c(F)c2)CC1)c1ccc(-c2cnc3ccc(-c4cn[nH]c4)cn23)cc1F. The van der Waals surface area contributed by atoms with Gasteiger partial charge in [0.05, 0.1) is 29.2 Å². The van der Waals surface area contributed by atoms with E-state index in [1.165, 1.54) is 18.2 Å². The van der Waals surface area contributed by atoms with Crippen LogP contribution in [-0.4, -0.2) is 25.5 Å². The number of aromatic amines is 1. The number of hydrogen-bond acceptors (Lipinski definition) is 3. The standard InChI is InChI=1S/C26H18F3N5O/c27-20-5-3-18(10-22(20)29)26(7-8-26)33-25(35)19-4-1-15(9-21(19)28)23-13-30-24-6-2-16(14-34(23)24)17-11-31-32-12-17/h1-6,9-14H,7-8H2,(H,31,32)(H,33,35). The summed E-state index contributed by atoms with van der Waals surface area (Å²) < 4.78 is 44.0. The molecule has 35 heavy (non-hydrogen) atoms. The summed E-state index contributed by atoms with van der Waals surface area (Å²) in [6.07, 6.45) is 8.13. The molecule has 5 aromatic rings. The number of fused-ring (bicyclic) bond motifs is 1. The van der Waals surface area contributed by atoms with Crippen molar-refractivity contribution in [3.63, 3.8) is 0 Å². The Bertz CT molecular complexity index is 1590. The molecule has 0 atom stereocenters. The zero-order valence-corrected chi connectivity index (χ0v) is 18.2. The molecule has 0 aliphatic heterocycles. The maximum absolute atomic E-state index is 15.1. The monoisotopic (exact) mass is 473 g/mol. The quantitative estimate of drug-likeness (QED) is 0.367. The average molecular weight is 473 g/mol. The summed E-state index contributed by atoms with van der Waals surface area (Å²) in [5.41, 5.74) is 3.23. The molecule has 1 aliphatic carbocycles. The number of nitrogens with zero attached hydrogens (tertiary/aromatic N) is 3. The van der Waals surface area contributed by atoms with E-state index in [1.54, 1.807) is 24.7 Å². The first kappa shape index (κ1) is 21.2. The molecule has 6 rings (SSSR count). The van der Waals surface area contributed by atoms with Crippen LogP contribution in [0, 0.1) is 17.5 Å². The number of halogens is 3. The Morgan fingerprint density at radius 1 is 0.914 bits per heavy atom. The molecule has 2 aromatic carbocycles. The minimum atomic E-state index is -0.984. The predicted octanol–water partition coefficient (Wildman–Crippen LogP) is 5.23. The number of pyridine rings is 1. The lowest BCUT2D eigenvalue weighted by atomic mass is 10.0. The molecule has 3 heterocycles. The van der Waals surface area contributed by atoms with Crippen LogP contribution in [0.1, 0.15) is 28.8 Å². The number of rotatable bonds is 5. The predicted molar refractivity (Wildman–Crippen MR) is 123 cm³/mol. The highest BCUT2D eigenvalue weighted by atomic mass is 19.2. The van der Waals surface area contributed by atoms with Crippen molar-refractivity contribution in [1.82, 2.24) is 24.9 Å². The fourth-order valence-corrected chi connectivity index (χ4v) is 4.32. The number of carbonyl (C=O) groups is 1. The fraction of sp³-hybridized carbons (Fsp3) is 0.115. The molecule has 2 N–H and O–H groups in total. The Balaban J connectivity index is 1.29. The Hall–Kier alpha value is -4.40. The van der Waals surface area contributed by atoms with Gasteiger partial charge < -0.3 is 5.32 Å². The van der Waals surface area contributed by atoms with Crippen molar-refractivity contribution in [2.75, 3.05) is 0 Å². The van der Waals surface area contributed by atoms with E-state index < -0.39 is 28.9 Å². The Kier molecular flexibility index (Phi) is 4.73. The maximum Gasteiger partial charge on any atom is 0.254 e. The highest BCUT2D eigenvalue weighted by Gasteiger charge is 2.46. The van der Waals surface area contributed by atoms with Gasteiger partial charge in [-0.25, -0.2) is 18.2 Å². The van der Waals surface area contributed by atoms with Gasteiger partial charge in [-0.2, -0.15) is 5.10 Å². The van der Waals surface area contributed by atoms with Crippen molar-refractivity contribution in [2.45, 2.75) is 18.4 Å². The van der Waals surface area contributed by atoms with E-state index in [2.05, 4.69) is 20.5 Å². The molecule has 6 nitrogen and oxygen atoms in total. The van der Waals surface area contributed by atoms with Crippen LogP contribution in [-0.2, 0) is 5.54 Å². The summed E-state index contributed by atoms with van der Waals surface area (Å²) in [6, 6.07) is 11.7. The van der Waals surface area contributed by atoms with Gasteiger partial charge in [0, 0.05) is 29.1 Å². The topological polar surface area (TPSA) is 75.1 Å². The van der Waals surface area contributed by atoms with Crippen LogP contribution in [0.2, 0.25) is 0 Å². The first-order valence-electron chi connectivity index (χ1n) is 11.0. The Morgan fingerprint density at radius 3 is 2.46 bits per heavy atom. The smallest absolute Gasteiger partial charge is 0.254 e. The van der Waals surface area contributed by atoms with E-state index in [-0.39, 0.29) is 5.56 Å². The third-order valence-electron chi connectivity index (χ3n) is 6.42. The highest BCUT2D eigenvalue weighted by molar-refractivity contribution is 5.95. The van der Waals surface area contributed by atoms with Gasteiger partial charge in [0.15, 0.2) is 11.6 Å². The maximum atomic E-state index is 15.1. The van der Waals surface area contributed by atoms with E-state index in [0.717, 1.165) is 23.3 Å². The van der Waals surface area contributed by atoms with Crippen LogP contribution < -0.4 is 5.32 Å². The summed E-state index contributed by atoms with van der Waals surface area (Å²) in [6.45, 7) is 0. The zero-order valence-electron chi connectivity index (χ0n) is 18.2. The van der Waals surface area contributed by atoms with E-state index in [1.807, 2.05) is 22.7 Å². The number of nitrogens with one attached hydrogen (secondary N) is 2. The van der Waals surface area contributed by atoms with Crippen molar-refractivity contribution >= 4 is 11.6 Å². The molecule has 1 amide bonds. The molecule has 0 radical (unpaired) electrons. The van der Waals surface area contributed by atoms with Crippen LogP contribution in [0.5, 0.6) is 0 Å². The van der Waals surface area contributed by atoms with E-state index >= 15 is 4.39 Å². The average Bonchev–Trinajstić information content (AvgIpc) is 3.25. The largest absolute Gasteiger partial charge is 0.342 e. The Morgan fingerprint density at radius 2 is 1.74 bits per heavy atom. The molecule has 1 aliphatic rings. The summed E-state index contributed by atoms with van der Waals surface area (Å²) in [4.78, 5) is 17.3. The van der Waals surface area contributed by atoms with Crippen molar-refractivity contribution in [3.8, 4) is 22.4 Å². The number of H-pyrrole nitrogens is 1. The molecule has 9 heteroatoms. The summed E-state index contributed by atoms with van der Waals surface area (Å²) >= 11 is 0.